The second kappa shape index (κ2) is 5.05. The van der Waals surface area contributed by atoms with Crippen LogP contribution in [-0.4, -0.2) is 5.91 Å². The van der Waals surface area contributed by atoms with Gasteiger partial charge in [0.1, 0.15) is 0 Å². The molecule has 1 unspecified atom stereocenters. The molecule has 0 saturated heterocycles. The first kappa shape index (κ1) is 14.4. The Labute approximate surface area is 130 Å². The van der Waals surface area contributed by atoms with Crippen LogP contribution in [-0.2, 0) is 10.2 Å². The molecule has 0 saturated carbocycles. The van der Waals surface area contributed by atoms with Gasteiger partial charge in [-0.3, -0.25) is 4.79 Å². The molecule has 3 N–H and O–H groups in total. The van der Waals surface area contributed by atoms with Gasteiger partial charge in [-0.25, -0.2) is 0 Å². The molecule has 4 nitrogen and oxygen atoms in total. The Morgan fingerprint density at radius 3 is 2.45 bits per heavy atom. The van der Waals surface area contributed by atoms with Gasteiger partial charge in [0.2, 0.25) is 6.10 Å². The summed E-state index contributed by atoms with van der Waals surface area (Å²) in [5, 5.41) is 2.92. The van der Waals surface area contributed by atoms with E-state index in [-0.39, 0.29) is 11.3 Å². The highest BCUT2D eigenvalue weighted by Crippen LogP contribution is 2.42. The van der Waals surface area contributed by atoms with Gasteiger partial charge < -0.3 is 15.8 Å². The molecular formula is C18H20N2O2. The second-order valence-electron chi connectivity index (χ2n) is 6.59. The predicted molar refractivity (Wildman–Crippen MR) is 88.0 cm³/mol. The highest BCUT2D eigenvalue weighted by Gasteiger charge is 2.31. The van der Waals surface area contributed by atoms with Crippen molar-refractivity contribution in [2.24, 2.45) is 0 Å². The van der Waals surface area contributed by atoms with Crippen LogP contribution in [0.5, 0.6) is 5.75 Å². The molecule has 22 heavy (non-hydrogen) atoms. The first-order valence-electron chi connectivity index (χ1n) is 7.33. The normalized spacial score (nSPS) is 17.4. The van der Waals surface area contributed by atoms with Crippen molar-refractivity contribution in [3.05, 3.63) is 53.6 Å². The molecule has 2 aromatic rings. The lowest BCUT2D eigenvalue weighted by molar-refractivity contribution is -0.123. The van der Waals surface area contributed by atoms with Crippen LogP contribution in [0.3, 0.4) is 0 Å². The van der Waals surface area contributed by atoms with E-state index < -0.39 is 6.10 Å². The number of fused-ring (bicyclic) bond motifs is 1. The number of amides is 1. The summed E-state index contributed by atoms with van der Waals surface area (Å²) in [5.41, 5.74) is 9.15. The standard InChI is InChI=1S/C18H20N2O2/c1-18(2,3)12-9-13(19)16-14(10-12)20-17(21)15(22-16)11-7-5-4-6-8-11/h4-10,15H,19H2,1-3H3,(H,20,21). The minimum atomic E-state index is -0.670. The van der Waals surface area contributed by atoms with Gasteiger partial charge in [0.05, 0.1) is 11.4 Å². The van der Waals surface area contributed by atoms with Gasteiger partial charge in [-0.05, 0) is 23.1 Å². The largest absolute Gasteiger partial charge is 0.471 e. The van der Waals surface area contributed by atoms with E-state index in [0.29, 0.717) is 17.1 Å². The van der Waals surface area contributed by atoms with Crippen molar-refractivity contribution >= 4 is 17.3 Å². The fourth-order valence-corrected chi connectivity index (χ4v) is 2.53. The van der Waals surface area contributed by atoms with Gasteiger partial charge in [0.15, 0.2) is 5.75 Å². The van der Waals surface area contributed by atoms with E-state index in [4.69, 9.17) is 10.5 Å². The van der Waals surface area contributed by atoms with Crippen molar-refractivity contribution in [1.82, 2.24) is 0 Å². The highest BCUT2D eigenvalue weighted by molar-refractivity contribution is 5.99. The number of nitrogen functional groups attached to an aromatic ring is 1. The molecule has 0 fully saturated rings. The summed E-state index contributed by atoms with van der Waals surface area (Å²) in [6, 6.07) is 13.3. The number of anilines is 2. The fraction of sp³-hybridized carbons (Fsp3) is 0.278. The zero-order valence-corrected chi connectivity index (χ0v) is 13.0. The zero-order chi connectivity index (χ0) is 15.9. The maximum Gasteiger partial charge on any atom is 0.270 e. The summed E-state index contributed by atoms with van der Waals surface area (Å²) in [5.74, 6) is 0.366. The van der Waals surface area contributed by atoms with E-state index >= 15 is 0 Å². The average Bonchev–Trinajstić information content (AvgIpc) is 2.46. The van der Waals surface area contributed by atoms with Crippen molar-refractivity contribution in [2.45, 2.75) is 32.3 Å². The number of hydrogen-bond acceptors (Lipinski definition) is 3. The summed E-state index contributed by atoms with van der Waals surface area (Å²) in [6.07, 6.45) is -0.670. The maximum absolute atomic E-state index is 12.4. The molecular weight excluding hydrogens is 276 g/mol. The van der Waals surface area contributed by atoms with Crippen LogP contribution in [0.15, 0.2) is 42.5 Å². The first-order chi connectivity index (χ1) is 10.4. The monoisotopic (exact) mass is 296 g/mol. The minimum Gasteiger partial charge on any atom is -0.471 e. The number of carbonyl (C=O) groups is 1. The predicted octanol–water partition coefficient (Wildman–Crippen LogP) is 3.64. The molecule has 1 amide bonds. The van der Waals surface area contributed by atoms with Crippen molar-refractivity contribution in [3.8, 4) is 5.75 Å². The molecule has 3 rings (SSSR count). The van der Waals surface area contributed by atoms with Gasteiger partial charge >= 0.3 is 0 Å². The van der Waals surface area contributed by atoms with E-state index in [0.717, 1.165) is 11.1 Å². The number of hydrogen-bond donors (Lipinski definition) is 2. The quantitative estimate of drug-likeness (QED) is 0.790. The molecule has 0 bridgehead atoms. The Kier molecular flexibility index (Phi) is 3.32. The Morgan fingerprint density at radius 1 is 1.14 bits per heavy atom. The van der Waals surface area contributed by atoms with Gasteiger partial charge in [0.25, 0.3) is 5.91 Å². The number of benzene rings is 2. The maximum atomic E-state index is 12.4. The number of nitrogens with two attached hydrogens (primary N) is 1. The highest BCUT2D eigenvalue weighted by atomic mass is 16.5. The number of nitrogens with one attached hydrogen (secondary N) is 1. The van der Waals surface area contributed by atoms with Crippen LogP contribution in [0.25, 0.3) is 0 Å². The smallest absolute Gasteiger partial charge is 0.270 e. The Balaban J connectivity index is 2.02. The number of ether oxygens (including phenoxy) is 1. The Bertz CT molecular complexity index is 718. The lowest BCUT2D eigenvalue weighted by atomic mass is 9.86. The van der Waals surface area contributed by atoms with E-state index in [1.54, 1.807) is 0 Å². The second-order valence-corrected chi connectivity index (χ2v) is 6.59. The summed E-state index contributed by atoms with van der Waals surface area (Å²) < 4.78 is 5.89. The van der Waals surface area contributed by atoms with E-state index in [2.05, 4.69) is 26.1 Å². The van der Waals surface area contributed by atoms with Gasteiger partial charge in [-0.15, -0.1) is 0 Å². The number of rotatable bonds is 1. The summed E-state index contributed by atoms with van der Waals surface area (Å²) in [4.78, 5) is 12.4. The Morgan fingerprint density at radius 2 is 1.82 bits per heavy atom. The lowest BCUT2D eigenvalue weighted by Gasteiger charge is -2.29. The van der Waals surface area contributed by atoms with E-state index in [1.807, 2.05) is 42.5 Å². The van der Waals surface area contributed by atoms with Crippen LogP contribution in [0.4, 0.5) is 11.4 Å². The summed E-state index contributed by atoms with van der Waals surface area (Å²) >= 11 is 0. The molecule has 0 aromatic heterocycles. The van der Waals surface area contributed by atoms with E-state index in [9.17, 15) is 4.79 Å². The number of carbonyl (C=O) groups excluding carboxylic acids is 1. The van der Waals surface area contributed by atoms with E-state index in [1.165, 1.54) is 0 Å². The third-order valence-corrected chi connectivity index (χ3v) is 3.82. The summed E-state index contributed by atoms with van der Waals surface area (Å²) in [7, 11) is 0. The topological polar surface area (TPSA) is 64.3 Å². The van der Waals surface area contributed by atoms with Crippen molar-refractivity contribution < 1.29 is 9.53 Å². The van der Waals surface area contributed by atoms with Crippen molar-refractivity contribution in [3.63, 3.8) is 0 Å². The Hall–Kier alpha value is -2.49. The van der Waals surface area contributed by atoms with Crippen LogP contribution in [0.1, 0.15) is 38.0 Å². The summed E-state index contributed by atoms with van der Waals surface area (Å²) in [6.45, 7) is 6.31. The van der Waals surface area contributed by atoms with Gasteiger partial charge in [0, 0.05) is 5.56 Å². The third kappa shape index (κ3) is 2.52. The molecule has 1 heterocycles. The van der Waals surface area contributed by atoms with Gasteiger partial charge in [-0.2, -0.15) is 0 Å². The molecule has 1 atom stereocenters. The molecule has 2 aromatic carbocycles. The van der Waals surface area contributed by atoms with Crippen LogP contribution in [0.2, 0.25) is 0 Å². The first-order valence-corrected chi connectivity index (χ1v) is 7.33. The molecule has 0 radical (unpaired) electrons. The minimum absolute atomic E-state index is 0.0514. The van der Waals surface area contributed by atoms with Gasteiger partial charge in [-0.1, -0.05) is 51.1 Å². The van der Waals surface area contributed by atoms with Crippen LogP contribution >= 0.6 is 0 Å². The zero-order valence-electron chi connectivity index (χ0n) is 13.0. The average molecular weight is 296 g/mol. The molecule has 4 heteroatoms. The molecule has 0 aliphatic carbocycles. The molecule has 0 spiro atoms. The molecule has 1 aliphatic heterocycles. The van der Waals surface area contributed by atoms with Crippen LogP contribution in [0, 0.1) is 0 Å². The lowest BCUT2D eigenvalue weighted by Crippen LogP contribution is -2.31. The van der Waals surface area contributed by atoms with Crippen LogP contribution < -0.4 is 15.8 Å². The third-order valence-electron chi connectivity index (χ3n) is 3.82. The fourth-order valence-electron chi connectivity index (χ4n) is 2.53. The molecule has 1 aliphatic rings. The van der Waals surface area contributed by atoms with Crippen molar-refractivity contribution in [2.75, 3.05) is 11.1 Å². The van der Waals surface area contributed by atoms with Crippen molar-refractivity contribution in [1.29, 1.82) is 0 Å². The SMILES string of the molecule is CC(C)(C)c1cc(N)c2c(c1)NC(=O)C(c1ccccc1)O2. The molecule has 114 valence electrons.